The van der Waals surface area contributed by atoms with E-state index in [-0.39, 0.29) is 5.41 Å². The Morgan fingerprint density at radius 1 is 1.57 bits per heavy atom. The Balaban J connectivity index is 3.58. The normalized spacial score (nSPS) is 11.3. The van der Waals surface area contributed by atoms with Crippen LogP contribution in [0.5, 0.6) is 0 Å². The molecule has 1 N–H and O–H groups in total. The molecule has 0 heterocycles. The molecule has 0 spiro atoms. The van der Waals surface area contributed by atoms with E-state index in [0.29, 0.717) is 0 Å². The Kier molecular flexibility index (Phi) is 2.00. The van der Waals surface area contributed by atoms with Crippen LogP contribution in [0.1, 0.15) is 27.2 Å². The Labute approximate surface area is 45.2 Å². The van der Waals surface area contributed by atoms with E-state index in [2.05, 4.69) is 20.8 Å². The maximum Gasteiger partial charge on any atom is 0.000857 e. The predicted octanol–water partition coefficient (Wildman–Crippen LogP) is 2.07. The van der Waals surface area contributed by atoms with Crippen LogP contribution in [0.2, 0.25) is 0 Å². The van der Waals surface area contributed by atoms with E-state index in [1.807, 2.05) is 0 Å². The van der Waals surface area contributed by atoms with Gasteiger partial charge in [0.25, 0.3) is 0 Å². The Hall–Kier alpha value is -0.330. The first-order valence-electron chi connectivity index (χ1n) is 2.64. The van der Waals surface area contributed by atoms with Gasteiger partial charge < -0.3 is 5.41 Å². The number of nitrogens with one attached hydrogen (secondary N) is 1. The lowest BCUT2D eigenvalue weighted by Crippen LogP contribution is -2.09. The number of hydrogen-bond acceptors (Lipinski definition) is 1. The van der Waals surface area contributed by atoms with Crippen molar-refractivity contribution in [2.24, 2.45) is 5.41 Å². The van der Waals surface area contributed by atoms with Crippen molar-refractivity contribution in [3.63, 3.8) is 0 Å². The highest BCUT2D eigenvalue weighted by Crippen LogP contribution is 2.14. The number of hydrogen-bond donors (Lipinski definition) is 1. The summed E-state index contributed by atoms with van der Waals surface area (Å²) in [4.78, 5) is 0. The van der Waals surface area contributed by atoms with Gasteiger partial charge in [-0.2, -0.15) is 0 Å². The molecule has 0 fully saturated rings. The molecule has 0 bridgehead atoms. The fraction of sp³-hybridized carbons (Fsp3) is 0.833. The lowest BCUT2D eigenvalue weighted by Gasteiger charge is -2.13. The molecule has 0 aromatic rings. The zero-order valence-corrected chi connectivity index (χ0v) is 5.28. The van der Waals surface area contributed by atoms with Crippen LogP contribution in [0.25, 0.3) is 0 Å². The van der Waals surface area contributed by atoms with Crippen LogP contribution >= 0.6 is 0 Å². The van der Waals surface area contributed by atoms with Crippen molar-refractivity contribution in [1.29, 1.82) is 5.41 Å². The van der Waals surface area contributed by atoms with Gasteiger partial charge in [-0.05, 0) is 11.8 Å². The third-order valence-electron chi connectivity index (χ3n) is 1.30. The second-order valence-electron chi connectivity index (χ2n) is 2.49. The van der Waals surface area contributed by atoms with Crippen molar-refractivity contribution in [3.05, 3.63) is 0 Å². The van der Waals surface area contributed by atoms with E-state index < -0.39 is 0 Å². The molecule has 0 saturated heterocycles. The largest absolute Gasteiger partial charge is 0.313 e. The van der Waals surface area contributed by atoms with E-state index in [1.165, 1.54) is 6.21 Å². The summed E-state index contributed by atoms with van der Waals surface area (Å²) in [5.74, 6) is 0. The van der Waals surface area contributed by atoms with Crippen LogP contribution in [-0.4, -0.2) is 6.21 Å². The quantitative estimate of drug-likeness (QED) is 0.512. The van der Waals surface area contributed by atoms with Gasteiger partial charge in [0.05, 0.1) is 0 Å². The van der Waals surface area contributed by atoms with Gasteiger partial charge >= 0.3 is 0 Å². The zero-order valence-electron chi connectivity index (χ0n) is 5.28. The smallest absolute Gasteiger partial charge is 0.000857 e. The molecule has 0 aliphatic carbocycles. The van der Waals surface area contributed by atoms with Gasteiger partial charge in [0, 0.05) is 6.21 Å². The first-order chi connectivity index (χ1) is 3.12. The van der Waals surface area contributed by atoms with Crippen molar-refractivity contribution < 1.29 is 0 Å². The minimum atomic E-state index is 0.125. The molecule has 0 amide bonds. The van der Waals surface area contributed by atoms with Gasteiger partial charge in [-0.15, -0.1) is 0 Å². The third-order valence-corrected chi connectivity index (χ3v) is 1.30. The lowest BCUT2D eigenvalue weighted by molar-refractivity contribution is 0.513. The highest BCUT2D eigenvalue weighted by Gasteiger charge is 2.08. The van der Waals surface area contributed by atoms with Crippen molar-refractivity contribution in [1.82, 2.24) is 0 Å². The van der Waals surface area contributed by atoms with Gasteiger partial charge in [0.2, 0.25) is 0 Å². The first kappa shape index (κ1) is 6.67. The average molecular weight is 99.2 g/mol. The van der Waals surface area contributed by atoms with Crippen molar-refractivity contribution in [3.8, 4) is 0 Å². The van der Waals surface area contributed by atoms with E-state index in [4.69, 9.17) is 5.41 Å². The molecule has 0 atom stereocenters. The molecule has 0 aromatic heterocycles. The van der Waals surface area contributed by atoms with E-state index in [1.54, 1.807) is 0 Å². The monoisotopic (exact) mass is 99.1 g/mol. The Morgan fingerprint density at radius 2 is 2.00 bits per heavy atom. The van der Waals surface area contributed by atoms with Crippen molar-refractivity contribution in [2.45, 2.75) is 27.2 Å². The summed E-state index contributed by atoms with van der Waals surface area (Å²) in [5, 5.41) is 6.88. The number of rotatable bonds is 2. The van der Waals surface area contributed by atoms with Crippen LogP contribution in [-0.2, 0) is 0 Å². The topological polar surface area (TPSA) is 23.9 Å². The molecule has 0 aliphatic heterocycles. The molecule has 42 valence electrons. The van der Waals surface area contributed by atoms with Gasteiger partial charge in [0.15, 0.2) is 0 Å². The zero-order chi connectivity index (χ0) is 5.91. The maximum atomic E-state index is 6.88. The highest BCUT2D eigenvalue weighted by molar-refractivity contribution is 5.60. The van der Waals surface area contributed by atoms with E-state index >= 15 is 0 Å². The van der Waals surface area contributed by atoms with Gasteiger partial charge in [0.1, 0.15) is 0 Å². The molecule has 0 radical (unpaired) electrons. The standard InChI is InChI=1S/C6H13N/c1-4-6(2,3)5-7/h5,7H,4H2,1-3H3. The maximum absolute atomic E-state index is 6.88. The molecule has 0 unspecified atom stereocenters. The van der Waals surface area contributed by atoms with Gasteiger partial charge in [-0.3, -0.25) is 0 Å². The third kappa shape index (κ3) is 2.38. The SMILES string of the molecule is CCC(C)(C)C=N. The fourth-order valence-corrected chi connectivity index (χ4v) is 0.102. The second kappa shape index (κ2) is 2.10. The molecule has 1 heteroatoms. The highest BCUT2D eigenvalue weighted by atomic mass is 14.4. The Bertz CT molecular complexity index is 64.6. The molecule has 0 aliphatic rings. The summed E-state index contributed by atoms with van der Waals surface area (Å²) in [6.45, 7) is 6.20. The molecule has 1 nitrogen and oxygen atoms in total. The van der Waals surface area contributed by atoms with Crippen LogP contribution in [0.15, 0.2) is 0 Å². The summed E-state index contributed by atoms with van der Waals surface area (Å²) < 4.78 is 0. The van der Waals surface area contributed by atoms with Crippen LogP contribution < -0.4 is 0 Å². The predicted molar refractivity (Wildman–Crippen MR) is 32.9 cm³/mol. The summed E-state index contributed by atoms with van der Waals surface area (Å²) in [6, 6.07) is 0. The molecular weight excluding hydrogens is 86.1 g/mol. The van der Waals surface area contributed by atoms with Crippen molar-refractivity contribution >= 4 is 6.21 Å². The van der Waals surface area contributed by atoms with E-state index in [9.17, 15) is 0 Å². The molecule has 0 rings (SSSR count). The van der Waals surface area contributed by atoms with Gasteiger partial charge in [-0.25, -0.2) is 0 Å². The molecular formula is C6H13N. The summed E-state index contributed by atoms with van der Waals surface area (Å²) in [7, 11) is 0. The van der Waals surface area contributed by atoms with Gasteiger partial charge in [-0.1, -0.05) is 20.8 Å². The van der Waals surface area contributed by atoms with Crippen LogP contribution in [0.4, 0.5) is 0 Å². The van der Waals surface area contributed by atoms with E-state index in [0.717, 1.165) is 6.42 Å². The summed E-state index contributed by atoms with van der Waals surface area (Å²) in [6.07, 6.45) is 2.55. The van der Waals surface area contributed by atoms with Crippen LogP contribution in [0.3, 0.4) is 0 Å². The average Bonchev–Trinajstić information content (AvgIpc) is 1.68. The minimum absolute atomic E-state index is 0.125. The summed E-state index contributed by atoms with van der Waals surface area (Å²) >= 11 is 0. The Morgan fingerprint density at radius 3 is 2.00 bits per heavy atom. The van der Waals surface area contributed by atoms with Crippen molar-refractivity contribution in [2.75, 3.05) is 0 Å². The molecule has 7 heavy (non-hydrogen) atoms. The molecule has 0 aromatic carbocycles. The second-order valence-corrected chi connectivity index (χ2v) is 2.49. The molecule has 0 saturated carbocycles. The lowest BCUT2D eigenvalue weighted by atomic mass is 9.92. The first-order valence-corrected chi connectivity index (χ1v) is 2.64. The fourth-order valence-electron chi connectivity index (χ4n) is 0.102. The minimum Gasteiger partial charge on any atom is -0.313 e. The van der Waals surface area contributed by atoms with Crippen LogP contribution in [0, 0.1) is 10.8 Å². The summed E-state index contributed by atoms with van der Waals surface area (Å²) in [5.41, 5.74) is 0.125.